The van der Waals surface area contributed by atoms with Crippen LogP contribution in [0.3, 0.4) is 0 Å². The molecule has 0 radical (unpaired) electrons. The van der Waals surface area contributed by atoms with Crippen LogP contribution in [0.1, 0.15) is 29.8 Å². The van der Waals surface area contributed by atoms with Crippen molar-refractivity contribution in [3.8, 4) is 0 Å². The van der Waals surface area contributed by atoms with Gasteiger partial charge in [0.05, 0.1) is 17.6 Å². The van der Waals surface area contributed by atoms with Gasteiger partial charge in [0.1, 0.15) is 0 Å². The SMILES string of the molecule is COC(=O)c1ccc(S(=O)(=O)NC(C)(C)CN)c(C)c1.Cl. The second-order valence-corrected chi connectivity index (χ2v) is 6.82. The molecule has 0 amide bonds. The molecule has 1 aromatic carbocycles. The second-order valence-electron chi connectivity index (χ2n) is 5.17. The van der Waals surface area contributed by atoms with E-state index in [4.69, 9.17) is 5.73 Å². The Balaban J connectivity index is 0.00000400. The Morgan fingerprint density at radius 3 is 2.38 bits per heavy atom. The summed E-state index contributed by atoms with van der Waals surface area (Å²) in [6.07, 6.45) is 0. The molecule has 21 heavy (non-hydrogen) atoms. The summed E-state index contributed by atoms with van der Waals surface area (Å²) in [5.41, 5.74) is 5.55. The number of methoxy groups -OCH3 is 1. The van der Waals surface area contributed by atoms with Crippen molar-refractivity contribution in [2.75, 3.05) is 13.7 Å². The van der Waals surface area contributed by atoms with Crippen LogP contribution in [0, 0.1) is 6.92 Å². The first kappa shape index (κ1) is 19.9. The van der Waals surface area contributed by atoms with Crippen molar-refractivity contribution in [3.05, 3.63) is 29.3 Å². The number of halogens is 1. The molecule has 1 rings (SSSR count). The number of benzene rings is 1. The van der Waals surface area contributed by atoms with Gasteiger partial charge in [0.15, 0.2) is 0 Å². The summed E-state index contributed by atoms with van der Waals surface area (Å²) in [7, 11) is -2.42. The molecule has 0 saturated carbocycles. The summed E-state index contributed by atoms with van der Waals surface area (Å²) >= 11 is 0. The largest absolute Gasteiger partial charge is 0.465 e. The number of rotatable bonds is 5. The Morgan fingerprint density at radius 2 is 1.95 bits per heavy atom. The minimum atomic E-state index is -3.69. The Hall–Kier alpha value is -1.15. The van der Waals surface area contributed by atoms with Crippen LogP contribution in [0.25, 0.3) is 0 Å². The van der Waals surface area contributed by atoms with Crippen molar-refractivity contribution in [3.63, 3.8) is 0 Å². The Morgan fingerprint density at radius 1 is 1.38 bits per heavy atom. The van der Waals surface area contributed by atoms with Gasteiger partial charge in [0.25, 0.3) is 0 Å². The number of nitrogens with one attached hydrogen (secondary N) is 1. The number of hydrogen-bond donors (Lipinski definition) is 2. The van der Waals surface area contributed by atoms with Gasteiger partial charge >= 0.3 is 5.97 Å². The van der Waals surface area contributed by atoms with Crippen molar-refractivity contribution in [1.29, 1.82) is 0 Å². The first-order valence-corrected chi connectivity index (χ1v) is 7.54. The van der Waals surface area contributed by atoms with Gasteiger partial charge in [0, 0.05) is 12.1 Å². The van der Waals surface area contributed by atoms with Crippen LogP contribution < -0.4 is 10.5 Å². The number of carbonyl (C=O) groups excluding carboxylic acids is 1. The fourth-order valence-corrected chi connectivity index (χ4v) is 3.31. The predicted octanol–water partition coefficient (Wildman–Crippen LogP) is 1.22. The third kappa shape index (κ3) is 4.96. The molecular formula is C13H21ClN2O4S. The third-order valence-corrected chi connectivity index (χ3v) is 4.66. The van der Waals surface area contributed by atoms with Crippen LogP contribution in [-0.2, 0) is 14.8 Å². The third-order valence-electron chi connectivity index (χ3n) is 2.81. The van der Waals surface area contributed by atoms with E-state index in [0.717, 1.165) is 0 Å². The van der Waals surface area contributed by atoms with Crippen molar-refractivity contribution in [1.82, 2.24) is 4.72 Å². The van der Waals surface area contributed by atoms with Gasteiger partial charge in [-0.25, -0.2) is 17.9 Å². The lowest BCUT2D eigenvalue weighted by Gasteiger charge is -2.24. The normalized spacial score (nSPS) is 11.7. The second kappa shape index (κ2) is 7.22. The molecule has 6 nitrogen and oxygen atoms in total. The minimum absolute atomic E-state index is 0. The number of sulfonamides is 1. The maximum atomic E-state index is 12.3. The van der Waals surface area contributed by atoms with Gasteiger partial charge in [-0.1, -0.05) is 0 Å². The van der Waals surface area contributed by atoms with E-state index >= 15 is 0 Å². The topological polar surface area (TPSA) is 98.5 Å². The highest BCUT2D eigenvalue weighted by Crippen LogP contribution is 2.19. The number of ether oxygens (including phenoxy) is 1. The summed E-state index contributed by atoms with van der Waals surface area (Å²) in [5, 5.41) is 0. The standard InChI is InChI=1S/C13H20N2O4S.ClH/c1-9-7-10(12(16)19-4)5-6-11(9)20(17,18)15-13(2,3)8-14;/h5-7,15H,8,14H2,1-4H3;1H. The Labute approximate surface area is 131 Å². The average Bonchev–Trinajstić information content (AvgIpc) is 2.36. The van der Waals surface area contributed by atoms with E-state index in [1.807, 2.05) is 0 Å². The molecule has 0 heterocycles. The van der Waals surface area contributed by atoms with Crippen LogP contribution in [0.15, 0.2) is 23.1 Å². The fourth-order valence-electron chi connectivity index (χ4n) is 1.66. The Kier molecular flexibility index (Phi) is 6.82. The molecule has 3 N–H and O–H groups in total. The van der Waals surface area contributed by atoms with Crippen molar-refractivity contribution < 1.29 is 17.9 Å². The summed E-state index contributed by atoms with van der Waals surface area (Å²) in [5.74, 6) is -0.507. The van der Waals surface area contributed by atoms with Crippen molar-refractivity contribution in [2.45, 2.75) is 31.2 Å². The van der Waals surface area contributed by atoms with Gasteiger partial charge < -0.3 is 10.5 Å². The average molecular weight is 337 g/mol. The molecular weight excluding hydrogens is 316 g/mol. The highest BCUT2D eigenvalue weighted by Gasteiger charge is 2.26. The molecule has 8 heteroatoms. The highest BCUT2D eigenvalue weighted by molar-refractivity contribution is 7.89. The number of carbonyl (C=O) groups is 1. The molecule has 0 bridgehead atoms. The van der Waals surface area contributed by atoms with Gasteiger partial charge in [-0.05, 0) is 44.5 Å². The maximum absolute atomic E-state index is 12.3. The zero-order valence-corrected chi connectivity index (χ0v) is 14.1. The Bertz CT molecular complexity index is 615. The molecule has 0 aliphatic heterocycles. The van der Waals surface area contributed by atoms with Gasteiger partial charge in [-0.15, -0.1) is 12.4 Å². The molecule has 0 aliphatic rings. The number of nitrogens with two attached hydrogens (primary N) is 1. The van der Waals surface area contributed by atoms with E-state index in [-0.39, 0.29) is 23.8 Å². The smallest absolute Gasteiger partial charge is 0.337 e. The zero-order valence-electron chi connectivity index (χ0n) is 12.5. The van der Waals surface area contributed by atoms with E-state index in [1.54, 1.807) is 20.8 Å². The molecule has 0 unspecified atom stereocenters. The number of esters is 1. The number of aryl methyl sites for hydroxylation is 1. The summed E-state index contributed by atoms with van der Waals surface area (Å²) in [6.45, 7) is 5.19. The molecule has 0 fully saturated rings. The van der Waals surface area contributed by atoms with E-state index in [0.29, 0.717) is 11.1 Å². The van der Waals surface area contributed by atoms with E-state index in [1.165, 1.54) is 25.3 Å². The van der Waals surface area contributed by atoms with Crippen LogP contribution >= 0.6 is 12.4 Å². The molecule has 0 spiro atoms. The van der Waals surface area contributed by atoms with Crippen LogP contribution in [0.5, 0.6) is 0 Å². The first-order valence-electron chi connectivity index (χ1n) is 6.06. The van der Waals surface area contributed by atoms with Gasteiger partial charge in [0.2, 0.25) is 10.0 Å². The quantitative estimate of drug-likeness (QED) is 0.788. The molecule has 0 atom stereocenters. The van der Waals surface area contributed by atoms with Crippen molar-refractivity contribution in [2.24, 2.45) is 5.73 Å². The van der Waals surface area contributed by atoms with Crippen LogP contribution in [0.4, 0.5) is 0 Å². The lowest BCUT2D eigenvalue weighted by molar-refractivity contribution is 0.0600. The predicted molar refractivity (Wildman–Crippen MR) is 83.2 cm³/mol. The molecule has 1 aromatic rings. The van der Waals surface area contributed by atoms with Crippen molar-refractivity contribution >= 4 is 28.4 Å². The summed E-state index contributed by atoms with van der Waals surface area (Å²) < 4.78 is 31.7. The molecule has 0 aromatic heterocycles. The zero-order chi connectivity index (χ0) is 15.6. The minimum Gasteiger partial charge on any atom is -0.465 e. The van der Waals surface area contributed by atoms with E-state index in [9.17, 15) is 13.2 Å². The lowest BCUT2D eigenvalue weighted by atomic mass is 10.1. The highest BCUT2D eigenvalue weighted by atomic mass is 35.5. The number of hydrogen-bond acceptors (Lipinski definition) is 5. The van der Waals surface area contributed by atoms with Gasteiger partial charge in [-0.2, -0.15) is 0 Å². The monoisotopic (exact) mass is 336 g/mol. The fraction of sp³-hybridized carbons (Fsp3) is 0.462. The van der Waals surface area contributed by atoms with Crippen LogP contribution in [-0.4, -0.2) is 33.6 Å². The van der Waals surface area contributed by atoms with Crippen LogP contribution in [0.2, 0.25) is 0 Å². The molecule has 120 valence electrons. The van der Waals surface area contributed by atoms with Gasteiger partial charge in [-0.3, -0.25) is 0 Å². The first-order chi connectivity index (χ1) is 9.13. The lowest BCUT2D eigenvalue weighted by Crippen LogP contribution is -2.48. The summed E-state index contributed by atoms with van der Waals surface area (Å²) in [4.78, 5) is 11.5. The molecule has 0 saturated heterocycles. The van der Waals surface area contributed by atoms with E-state index < -0.39 is 21.5 Å². The van der Waals surface area contributed by atoms with E-state index in [2.05, 4.69) is 9.46 Å². The maximum Gasteiger partial charge on any atom is 0.337 e. The molecule has 0 aliphatic carbocycles. The summed E-state index contributed by atoms with van der Waals surface area (Å²) in [6, 6.07) is 4.29.